The molecular weight excluding hydrogens is 464 g/mol. The van der Waals surface area contributed by atoms with Crippen LogP contribution in [0.2, 0.25) is 0 Å². The van der Waals surface area contributed by atoms with Gasteiger partial charge in [-0.1, -0.05) is 0 Å². The highest BCUT2D eigenvalue weighted by Crippen LogP contribution is 2.50. The topological polar surface area (TPSA) is 55.4 Å². The average Bonchev–Trinajstić information content (AvgIpc) is 3.25. The molecule has 0 amide bonds. The third kappa shape index (κ3) is 4.68. The molecule has 184 valence electrons. The highest BCUT2D eigenvalue weighted by molar-refractivity contribution is 7.23. The molecule has 0 spiro atoms. The van der Waals surface area contributed by atoms with Gasteiger partial charge in [0.1, 0.15) is 5.75 Å². The van der Waals surface area contributed by atoms with E-state index in [-0.39, 0.29) is 6.10 Å². The Balaban J connectivity index is 2.02. The lowest BCUT2D eigenvalue weighted by Gasteiger charge is -2.16. The van der Waals surface area contributed by atoms with E-state index >= 15 is 0 Å². The van der Waals surface area contributed by atoms with E-state index in [0.717, 1.165) is 37.4 Å². The number of rotatable bonds is 9. The first-order valence-corrected chi connectivity index (χ1v) is 12.0. The summed E-state index contributed by atoms with van der Waals surface area (Å²) in [5, 5.41) is 1.10. The molecule has 0 bridgehead atoms. The van der Waals surface area contributed by atoms with Gasteiger partial charge in [0.25, 0.3) is 0 Å². The predicted octanol–water partition coefficient (Wildman–Crippen LogP) is 7.07. The van der Waals surface area contributed by atoms with Gasteiger partial charge in [0.05, 0.1) is 41.7 Å². The van der Waals surface area contributed by atoms with Crippen molar-refractivity contribution >= 4 is 21.4 Å². The van der Waals surface area contributed by atoms with Crippen LogP contribution in [0.5, 0.6) is 34.5 Å². The second kappa shape index (κ2) is 10.4. The minimum absolute atomic E-state index is 0.0143. The molecular formula is C28H30O6S. The molecule has 4 rings (SSSR count). The number of benzene rings is 3. The summed E-state index contributed by atoms with van der Waals surface area (Å²) in [5.74, 6) is 3.95. The van der Waals surface area contributed by atoms with Crippen molar-refractivity contribution in [2.45, 2.75) is 20.0 Å². The summed E-state index contributed by atoms with van der Waals surface area (Å²) < 4.78 is 35.0. The highest BCUT2D eigenvalue weighted by atomic mass is 32.1. The van der Waals surface area contributed by atoms with Crippen LogP contribution in [0.4, 0.5) is 0 Å². The number of fused-ring (bicyclic) bond motifs is 1. The van der Waals surface area contributed by atoms with Crippen molar-refractivity contribution in [1.29, 1.82) is 0 Å². The van der Waals surface area contributed by atoms with Crippen LogP contribution in [-0.2, 0) is 0 Å². The average molecular weight is 495 g/mol. The van der Waals surface area contributed by atoms with E-state index < -0.39 is 0 Å². The normalized spacial score (nSPS) is 11.0. The first kappa shape index (κ1) is 24.5. The summed E-state index contributed by atoms with van der Waals surface area (Å²) in [5.41, 5.74) is 3.03. The molecule has 6 nitrogen and oxygen atoms in total. The van der Waals surface area contributed by atoms with E-state index in [2.05, 4.69) is 18.2 Å². The molecule has 1 aromatic heterocycles. The molecule has 3 aromatic carbocycles. The van der Waals surface area contributed by atoms with Gasteiger partial charge in [-0.2, -0.15) is 0 Å². The molecule has 1 heterocycles. The minimum atomic E-state index is 0.0143. The monoisotopic (exact) mass is 494 g/mol. The van der Waals surface area contributed by atoms with Crippen LogP contribution in [0.3, 0.4) is 0 Å². The van der Waals surface area contributed by atoms with Crippen molar-refractivity contribution in [3.8, 4) is 56.1 Å². The lowest BCUT2D eigenvalue weighted by atomic mass is 9.97. The van der Waals surface area contributed by atoms with Gasteiger partial charge in [-0.15, -0.1) is 11.3 Å². The van der Waals surface area contributed by atoms with Crippen molar-refractivity contribution in [3.63, 3.8) is 0 Å². The maximum Gasteiger partial charge on any atom is 0.203 e. The van der Waals surface area contributed by atoms with Gasteiger partial charge in [0, 0.05) is 20.5 Å². The molecule has 0 N–H and O–H groups in total. The quantitative estimate of drug-likeness (QED) is 0.248. The molecule has 0 fully saturated rings. The lowest BCUT2D eigenvalue weighted by molar-refractivity contribution is 0.230. The van der Waals surface area contributed by atoms with Crippen LogP contribution in [0.1, 0.15) is 13.8 Å². The van der Waals surface area contributed by atoms with E-state index in [0.29, 0.717) is 28.7 Å². The van der Waals surface area contributed by atoms with Gasteiger partial charge in [0.2, 0.25) is 5.75 Å². The summed E-state index contributed by atoms with van der Waals surface area (Å²) in [7, 11) is 8.17. The van der Waals surface area contributed by atoms with Crippen LogP contribution in [0.15, 0.2) is 48.5 Å². The third-order valence-electron chi connectivity index (χ3n) is 5.64. The molecule has 7 heteroatoms. The van der Waals surface area contributed by atoms with Crippen LogP contribution < -0.4 is 28.4 Å². The highest BCUT2D eigenvalue weighted by Gasteiger charge is 2.22. The Morgan fingerprint density at radius 1 is 0.629 bits per heavy atom. The maximum absolute atomic E-state index is 6.06. The van der Waals surface area contributed by atoms with Gasteiger partial charge >= 0.3 is 0 Å². The third-order valence-corrected chi connectivity index (χ3v) is 6.84. The van der Waals surface area contributed by atoms with Crippen molar-refractivity contribution in [3.05, 3.63) is 48.5 Å². The molecule has 0 aliphatic rings. The number of ether oxygens (including phenoxy) is 6. The second-order valence-electron chi connectivity index (χ2n) is 8.11. The molecule has 0 aliphatic carbocycles. The van der Waals surface area contributed by atoms with E-state index in [1.165, 1.54) is 0 Å². The smallest absolute Gasteiger partial charge is 0.203 e. The fraction of sp³-hybridized carbons (Fsp3) is 0.286. The molecule has 0 aliphatic heterocycles. The number of thiophene rings is 1. The first-order chi connectivity index (χ1) is 16.9. The predicted molar refractivity (Wildman–Crippen MR) is 141 cm³/mol. The summed E-state index contributed by atoms with van der Waals surface area (Å²) in [6.45, 7) is 4.00. The van der Waals surface area contributed by atoms with Crippen LogP contribution >= 0.6 is 11.3 Å². The summed E-state index contributed by atoms with van der Waals surface area (Å²) >= 11 is 1.69. The molecule has 35 heavy (non-hydrogen) atoms. The largest absolute Gasteiger partial charge is 0.497 e. The fourth-order valence-electron chi connectivity index (χ4n) is 4.08. The van der Waals surface area contributed by atoms with E-state index in [1.54, 1.807) is 46.9 Å². The van der Waals surface area contributed by atoms with Crippen LogP contribution in [0, 0.1) is 0 Å². The Morgan fingerprint density at radius 2 is 1.29 bits per heavy atom. The van der Waals surface area contributed by atoms with Gasteiger partial charge in [-0.3, -0.25) is 0 Å². The molecule has 4 aromatic rings. The van der Waals surface area contributed by atoms with Crippen molar-refractivity contribution in [2.75, 3.05) is 35.5 Å². The van der Waals surface area contributed by atoms with Crippen molar-refractivity contribution in [1.82, 2.24) is 0 Å². The van der Waals surface area contributed by atoms with Crippen LogP contribution in [0.25, 0.3) is 31.7 Å². The van der Waals surface area contributed by atoms with E-state index in [4.69, 9.17) is 28.4 Å². The molecule has 0 saturated carbocycles. The Labute approximate surface area is 209 Å². The van der Waals surface area contributed by atoms with E-state index in [1.807, 2.05) is 44.2 Å². The van der Waals surface area contributed by atoms with Gasteiger partial charge in [-0.05, 0) is 73.5 Å². The van der Waals surface area contributed by atoms with E-state index in [9.17, 15) is 0 Å². The number of methoxy groups -OCH3 is 5. The molecule has 0 unspecified atom stereocenters. The van der Waals surface area contributed by atoms with Crippen molar-refractivity contribution < 1.29 is 28.4 Å². The van der Waals surface area contributed by atoms with Gasteiger partial charge in [0.15, 0.2) is 23.0 Å². The Hall–Kier alpha value is -3.58. The lowest BCUT2D eigenvalue weighted by Crippen LogP contribution is -2.06. The summed E-state index contributed by atoms with van der Waals surface area (Å²) in [6.07, 6.45) is 0.0143. The van der Waals surface area contributed by atoms with Crippen LogP contribution in [-0.4, -0.2) is 41.7 Å². The molecule has 0 radical (unpaired) electrons. The Morgan fingerprint density at radius 3 is 1.86 bits per heavy atom. The SMILES string of the molecule is COc1ccc2c(-c3cc(OC)c(OC)c(OC)c3)c(-c3ccc(OC)c(OC(C)C)c3)sc2c1. The summed E-state index contributed by atoms with van der Waals surface area (Å²) in [6, 6.07) is 16.1. The summed E-state index contributed by atoms with van der Waals surface area (Å²) in [4.78, 5) is 1.08. The van der Waals surface area contributed by atoms with Gasteiger partial charge < -0.3 is 28.4 Å². The maximum atomic E-state index is 6.06. The minimum Gasteiger partial charge on any atom is -0.497 e. The zero-order valence-corrected chi connectivity index (χ0v) is 21.9. The van der Waals surface area contributed by atoms with Gasteiger partial charge in [-0.25, -0.2) is 0 Å². The van der Waals surface area contributed by atoms with Crippen molar-refractivity contribution in [2.24, 2.45) is 0 Å². The standard InChI is InChI=1S/C28H30O6S/c1-16(2)34-22-12-17(8-11-21(22)30-4)28-26(20-10-9-19(29-3)15-25(20)35-28)18-13-23(31-5)27(33-7)24(14-18)32-6/h8-16H,1-7H3. The first-order valence-electron chi connectivity index (χ1n) is 11.2. The Bertz CT molecular complexity index is 1320. The molecule has 0 atom stereocenters. The Kier molecular flexibility index (Phi) is 7.26. The number of hydrogen-bond acceptors (Lipinski definition) is 7. The zero-order chi connectivity index (χ0) is 25.1. The number of hydrogen-bond donors (Lipinski definition) is 0. The fourth-order valence-corrected chi connectivity index (χ4v) is 5.33. The second-order valence-corrected chi connectivity index (χ2v) is 9.17. The zero-order valence-electron chi connectivity index (χ0n) is 21.1. The molecule has 0 saturated heterocycles.